The van der Waals surface area contributed by atoms with Crippen LogP contribution in [-0.4, -0.2) is 80.0 Å². The van der Waals surface area contributed by atoms with E-state index in [2.05, 4.69) is 14.8 Å². The Kier molecular flexibility index (Phi) is 9.78. The van der Waals surface area contributed by atoms with Gasteiger partial charge in [-0.25, -0.2) is 9.78 Å². The quantitative estimate of drug-likeness (QED) is 0.192. The summed E-state index contributed by atoms with van der Waals surface area (Å²) < 4.78 is 95.6. The Balaban J connectivity index is 1.62. The van der Waals surface area contributed by atoms with Crippen molar-refractivity contribution in [3.8, 4) is 22.8 Å². The number of piperidine rings is 2. The molecule has 2 saturated heterocycles. The molecule has 244 valence electrons. The molecule has 0 amide bonds. The average molecular weight is 640 g/mol. The van der Waals surface area contributed by atoms with Gasteiger partial charge in [0, 0.05) is 35.2 Å². The van der Waals surface area contributed by atoms with E-state index < -0.39 is 30.5 Å². The molecule has 2 aromatic carbocycles. The summed E-state index contributed by atoms with van der Waals surface area (Å²) in [6, 6.07) is 7.58. The van der Waals surface area contributed by atoms with Crippen LogP contribution in [0.15, 0.2) is 36.4 Å². The van der Waals surface area contributed by atoms with Crippen molar-refractivity contribution in [1.82, 2.24) is 14.8 Å². The number of fused-ring (bicyclic) bond motifs is 1. The summed E-state index contributed by atoms with van der Waals surface area (Å²) in [4.78, 5) is 22.7. The van der Waals surface area contributed by atoms with Gasteiger partial charge in [0.1, 0.15) is 0 Å². The zero-order valence-electron chi connectivity index (χ0n) is 25.1. The first-order valence-electron chi connectivity index (χ1n) is 14.8. The number of rotatable bonds is 8. The number of ether oxygens (including phenoxy) is 3. The highest BCUT2D eigenvalue weighted by Gasteiger charge is 2.33. The van der Waals surface area contributed by atoms with Gasteiger partial charge in [-0.1, -0.05) is 18.6 Å². The van der Waals surface area contributed by atoms with Crippen LogP contribution in [0, 0.1) is 0 Å². The summed E-state index contributed by atoms with van der Waals surface area (Å²) in [5, 5.41) is 0.215. The Morgan fingerprint density at radius 3 is 2.27 bits per heavy atom. The molecule has 0 unspecified atom stereocenters. The van der Waals surface area contributed by atoms with Crippen molar-refractivity contribution in [1.29, 1.82) is 0 Å². The third kappa shape index (κ3) is 7.63. The van der Waals surface area contributed by atoms with Crippen LogP contribution in [0.4, 0.5) is 26.3 Å². The van der Waals surface area contributed by atoms with Crippen molar-refractivity contribution in [3.63, 3.8) is 0 Å². The van der Waals surface area contributed by atoms with Crippen LogP contribution in [-0.2, 0) is 17.5 Å². The number of aromatic nitrogens is 1. The molecule has 0 N–H and O–H groups in total. The molecular formula is C32H35F6N3O4. The van der Waals surface area contributed by atoms with Gasteiger partial charge in [0.15, 0.2) is 18.1 Å². The lowest BCUT2D eigenvalue weighted by Crippen LogP contribution is -2.46. The van der Waals surface area contributed by atoms with Crippen molar-refractivity contribution in [2.24, 2.45) is 0 Å². The van der Waals surface area contributed by atoms with Crippen LogP contribution >= 0.6 is 0 Å². The van der Waals surface area contributed by atoms with Crippen LogP contribution < -0.4 is 9.47 Å². The Bertz CT molecular complexity index is 1510. The van der Waals surface area contributed by atoms with Gasteiger partial charge in [-0.2, -0.15) is 26.3 Å². The SMILES string of the molecule is COC(=O)c1c(CN2CCC(N3CCCCC3)CC2)c(-c2cccc(C(F)(F)F)c2)nc2cc(OCC(F)(F)F)c(OC)cc12. The number of pyridine rings is 1. The van der Waals surface area contributed by atoms with Crippen molar-refractivity contribution < 1.29 is 45.3 Å². The van der Waals surface area contributed by atoms with E-state index in [-0.39, 0.29) is 45.8 Å². The van der Waals surface area contributed by atoms with Crippen LogP contribution in [0.1, 0.15) is 53.6 Å². The van der Waals surface area contributed by atoms with Gasteiger partial charge < -0.3 is 19.1 Å². The van der Waals surface area contributed by atoms with Crippen LogP contribution in [0.2, 0.25) is 0 Å². The molecule has 2 aliphatic heterocycles. The van der Waals surface area contributed by atoms with Gasteiger partial charge in [0.2, 0.25) is 0 Å². The summed E-state index contributed by atoms with van der Waals surface area (Å²) >= 11 is 0. The zero-order chi connectivity index (χ0) is 32.4. The minimum Gasteiger partial charge on any atom is -0.493 e. The first-order chi connectivity index (χ1) is 21.4. The number of methoxy groups -OCH3 is 2. The third-order valence-corrected chi connectivity index (χ3v) is 8.46. The van der Waals surface area contributed by atoms with Gasteiger partial charge in [0.05, 0.1) is 36.6 Å². The molecule has 0 bridgehead atoms. The molecule has 5 rings (SSSR count). The summed E-state index contributed by atoms with van der Waals surface area (Å²) in [5.74, 6) is -1.12. The van der Waals surface area contributed by atoms with Gasteiger partial charge in [-0.3, -0.25) is 4.90 Å². The minimum absolute atomic E-state index is 0.0355. The van der Waals surface area contributed by atoms with Gasteiger partial charge in [-0.05, 0) is 70.1 Å². The van der Waals surface area contributed by atoms with Crippen LogP contribution in [0.3, 0.4) is 0 Å². The number of benzene rings is 2. The van der Waals surface area contributed by atoms with Crippen molar-refractivity contribution >= 4 is 16.9 Å². The highest BCUT2D eigenvalue weighted by atomic mass is 19.4. The molecule has 3 heterocycles. The second-order valence-electron chi connectivity index (χ2n) is 11.4. The molecule has 0 atom stereocenters. The Morgan fingerprint density at radius 2 is 1.64 bits per heavy atom. The van der Waals surface area contributed by atoms with E-state index in [0.717, 1.165) is 38.1 Å². The summed E-state index contributed by atoms with van der Waals surface area (Å²) in [5.41, 5.74) is -0.264. The van der Waals surface area contributed by atoms with Gasteiger partial charge in [-0.15, -0.1) is 0 Å². The highest BCUT2D eigenvalue weighted by Crippen LogP contribution is 2.40. The number of carbonyl (C=O) groups is 1. The lowest BCUT2D eigenvalue weighted by Gasteiger charge is -2.40. The van der Waals surface area contributed by atoms with E-state index in [9.17, 15) is 31.1 Å². The number of esters is 1. The monoisotopic (exact) mass is 639 g/mol. The van der Waals surface area contributed by atoms with Gasteiger partial charge in [0.25, 0.3) is 0 Å². The van der Waals surface area contributed by atoms with E-state index in [0.29, 0.717) is 24.7 Å². The smallest absolute Gasteiger partial charge is 0.422 e. The molecule has 3 aromatic rings. The Hall–Kier alpha value is -3.58. The molecule has 0 aliphatic carbocycles. The number of nitrogens with zero attached hydrogens (tertiary/aromatic N) is 3. The van der Waals surface area contributed by atoms with E-state index in [1.54, 1.807) is 0 Å². The van der Waals surface area contributed by atoms with E-state index >= 15 is 0 Å². The largest absolute Gasteiger partial charge is 0.493 e. The standard InChI is InChI=1S/C32H35F6N3O4/c1-43-26-16-23-25(17-27(26)45-19-31(33,34)35)39-29(20-7-6-8-21(15-20)32(36,37)38)24(28(23)30(42)44-2)18-40-13-9-22(10-14-40)41-11-4-3-5-12-41/h6-8,15-17,22H,3-5,9-14,18-19H2,1-2H3. The number of hydrogen-bond donors (Lipinski definition) is 0. The van der Waals surface area contributed by atoms with E-state index in [4.69, 9.17) is 14.2 Å². The molecule has 0 radical (unpaired) electrons. The molecule has 45 heavy (non-hydrogen) atoms. The summed E-state index contributed by atoms with van der Waals surface area (Å²) in [6.45, 7) is 2.14. The fourth-order valence-electron chi connectivity index (χ4n) is 6.26. The average Bonchev–Trinajstić information content (AvgIpc) is 3.02. The number of halogens is 6. The molecule has 2 aliphatic rings. The molecule has 1 aromatic heterocycles. The fraction of sp³-hybridized carbons (Fsp3) is 0.500. The second kappa shape index (κ2) is 13.4. The molecule has 13 heteroatoms. The number of alkyl halides is 6. The lowest BCUT2D eigenvalue weighted by atomic mass is 9.93. The van der Waals surface area contributed by atoms with Gasteiger partial charge >= 0.3 is 18.3 Å². The van der Waals surface area contributed by atoms with Crippen LogP contribution in [0.25, 0.3) is 22.2 Å². The minimum atomic E-state index is -4.64. The van der Waals surface area contributed by atoms with E-state index in [1.807, 2.05) is 0 Å². The lowest BCUT2D eigenvalue weighted by molar-refractivity contribution is -0.153. The molecule has 0 saturated carbocycles. The van der Waals surface area contributed by atoms with Crippen molar-refractivity contribution in [2.75, 3.05) is 47.0 Å². The fourth-order valence-corrected chi connectivity index (χ4v) is 6.26. The predicted molar refractivity (Wildman–Crippen MR) is 155 cm³/mol. The van der Waals surface area contributed by atoms with Crippen LogP contribution in [0.5, 0.6) is 11.5 Å². The topological polar surface area (TPSA) is 64.1 Å². The first kappa shape index (κ1) is 32.8. The summed E-state index contributed by atoms with van der Waals surface area (Å²) in [6.07, 6.45) is -3.88. The Labute approximate surface area is 257 Å². The number of carbonyl (C=O) groups excluding carboxylic acids is 1. The van der Waals surface area contributed by atoms with E-state index in [1.165, 1.54) is 57.7 Å². The number of likely N-dealkylation sites (tertiary alicyclic amines) is 2. The second-order valence-corrected chi connectivity index (χ2v) is 11.4. The molecule has 2 fully saturated rings. The zero-order valence-corrected chi connectivity index (χ0v) is 25.1. The summed E-state index contributed by atoms with van der Waals surface area (Å²) in [7, 11) is 2.43. The highest BCUT2D eigenvalue weighted by molar-refractivity contribution is 6.07. The predicted octanol–water partition coefficient (Wildman–Crippen LogP) is 7.11. The van der Waals surface area contributed by atoms with Crippen molar-refractivity contribution in [2.45, 2.75) is 57.0 Å². The Morgan fingerprint density at radius 1 is 0.933 bits per heavy atom. The number of hydrogen-bond acceptors (Lipinski definition) is 7. The normalized spacial score (nSPS) is 17.4. The van der Waals surface area contributed by atoms with Crippen molar-refractivity contribution in [3.05, 3.63) is 53.1 Å². The maximum atomic E-state index is 13.8. The molecular weight excluding hydrogens is 604 g/mol. The molecule has 7 nitrogen and oxygen atoms in total. The third-order valence-electron chi connectivity index (χ3n) is 8.46. The maximum absolute atomic E-state index is 13.8. The molecule has 0 spiro atoms. The maximum Gasteiger partial charge on any atom is 0.422 e. The first-order valence-corrected chi connectivity index (χ1v) is 14.8.